The second-order valence-corrected chi connectivity index (χ2v) is 3.71. The monoisotopic (exact) mass is 201 g/mol. The quantitative estimate of drug-likeness (QED) is 0.395. The van der Waals surface area contributed by atoms with E-state index in [4.69, 9.17) is 4.84 Å². The Hall–Kier alpha value is -0.0800. The van der Waals surface area contributed by atoms with Crippen LogP contribution in [0.5, 0.6) is 0 Å². The third-order valence-corrected chi connectivity index (χ3v) is 2.43. The van der Waals surface area contributed by atoms with Gasteiger partial charge in [0.2, 0.25) is 0 Å². The summed E-state index contributed by atoms with van der Waals surface area (Å²) in [5, 5.41) is 2.07. The average molecular weight is 201 g/mol. The largest absolute Gasteiger partial charge is 0.299 e. The third kappa shape index (κ3) is 8.52. The summed E-state index contributed by atoms with van der Waals surface area (Å²) in [6.45, 7) is 9.34. The van der Waals surface area contributed by atoms with Crippen LogP contribution in [0.2, 0.25) is 0 Å². The van der Waals surface area contributed by atoms with E-state index in [1.165, 1.54) is 38.5 Å². The number of unbranched alkanes of at least 4 members (excludes halogenated alkanes) is 5. The summed E-state index contributed by atoms with van der Waals surface area (Å²) in [6, 6.07) is 0. The molecule has 14 heavy (non-hydrogen) atoms. The fourth-order valence-electron chi connectivity index (χ4n) is 1.57. The molecule has 0 spiro atoms. The minimum absolute atomic E-state index is 0.795. The van der Waals surface area contributed by atoms with E-state index in [0.29, 0.717) is 0 Å². The first-order valence-corrected chi connectivity index (χ1v) is 6.23. The van der Waals surface area contributed by atoms with Gasteiger partial charge < -0.3 is 0 Å². The van der Waals surface area contributed by atoms with Gasteiger partial charge in [-0.3, -0.25) is 4.84 Å². The van der Waals surface area contributed by atoms with Crippen molar-refractivity contribution in [3.63, 3.8) is 0 Å². The molecular weight excluding hydrogens is 174 g/mol. The molecular formula is C12H27NO. The molecule has 0 aromatic carbocycles. The standard InChI is InChI=1S/C12H27NO/c1-4-7-8-9-10-11-12-13(5-2)14-6-3/h4-12H2,1-3H3. The van der Waals surface area contributed by atoms with E-state index in [9.17, 15) is 0 Å². The maximum Gasteiger partial charge on any atom is 0.0656 e. The molecule has 0 bridgehead atoms. The van der Waals surface area contributed by atoms with E-state index in [1.807, 2.05) is 6.92 Å². The summed E-state index contributed by atoms with van der Waals surface area (Å²) >= 11 is 0. The lowest BCUT2D eigenvalue weighted by Gasteiger charge is -2.18. The number of hydrogen-bond donors (Lipinski definition) is 0. The van der Waals surface area contributed by atoms with Crippen LogP contribution in [0.3, 0.4) is 0 Å². The number of rotatable bonds is 10. The first-order chi connectivity index (χ1) is 6.85. The van der Waals surface area contributed by atoms with Gasteiger partial charge in [-0.05, 0) is 13.3 Å². The van der Waals surface area contributed by atoms with Gasteiger partial charge >= 0.3 is 0 Å². The van der Waals surface area contributed by atoms with E-state index in [1.54, 1.807) is 0 Å². The summed E-state index contributed by atoms with van der Waals surface area (Å²) in [5.41, 5.74) is 0. The molecule has 0 saturated heterocycles. The molecule has 86 valence electrons. The molecule has 0 aromatic rings. The zero-order valence-corrected chi connectivity index (χ0v) is 10.2. The van der Waals surface area contributed by atoms with Crippen LogP contribution >= 0.6 is 0 Å². The highest BCUT2D eigenvalue weighted by Gasteiger charge is 1.99. The number of hydrogen-bond acceptors (Lipinski definition) is 2. The second kappa shape index (κ2) is 11.0. The fraction of sp³-hybridized carbons (Fsp3) is 1.00. The van der Waals surface area contributed by atoms with Crippen molar-refractivity contribution < 1.29 is 4.84 Å². The average Bonchev–Trinajstić information content (AvgIpc) is 2.21. The first-order valence-electron chi connectivity index (χ1n) is 6.23. The minimum Gasteiger partial charge on any atom is -0.299 e. The van der Waals surface area contributed by atoms with Crippen molar-refractivity contribution in [3.05, 3.63) is 0 Å². The van der Waals surface area contributed by atoms with E-state index < -0.39 is 0 Å². The summed E-state index contributed by atoms with van der Waals surface area (Å²) in [6.07, 6.45) is 8.14. The lowest BCUT2D eigenvalue weighted by atomic mass is 10.1. The van der Waals surface area contributed by atoms with Gasteiger partial charge in [0.15, 0.2) is 0 Å². The van der Waals surface area contributed by atoms with Crippen molar-refractivity contribution >= 4 is 0 Å². The Labute approximate surface area is 89.6 Å². The normalized spacial score (nSPS) is 11.1. The lowest BCUT2D eigenvalue weighted by molar-refractivity contribution is -0.151. The highest BCUT2D eigenvalue weighted by molar-refractivity contribution is 4.47. The molecule has 2 heteroatoms. The Balaban J connectivity index is 3.15. The molecule has 0 fully saturated rings. The van der Waals surface area contributed by atoms with Crippen molar-refractivity contribution in [1.82, 2.24) is 5.06 Å². The van der Waals surface area contributed by atoms with Gasteiger partial charge in [-0.1, -0.05) is 46.0 Å². The lowest BCUT2D eigenvalue weighted by Crippen LogP contribution is -2.24. The molecule has 0 rings (SSSR count). The van der Waals surface area contributed by atoms with Crippen LogP contribution in [0.1, 0.15) is 59.3 Å². The summed E-state index contributed by atoms with van der Waals surface area (Å²) in [4.78, 5) is 5.45. The van der Waals surface area contributed by atoms with Gasteiger partial charge in [0.25, 0.3) is 0 Å². The van der Waals surface area contributed by atoms with Crippen molar-refractivity contribution in [3.8, 4) is 0 Å². The van der Waals surface area contributed by atoms with E-state index >= 15 is 0 Å². The Morgan fingerprint density at radius 3 is 2.07 bits per heavy atom. The van der Waals surface area contributed by atoms with Gasteiger partial charge in [-0.15, -0.1) is 0 Å². The fourth-order valence-corrected chi connectivity index (χ4v) is 1.57. The van der Waals surface area contributed by atoms with E-state index in [0.717, 1.165) is 19.7 Å². The predicted octanol–water partition coefficient (Wildman–Crippen LogP) is 3.62. The van der Waals surface area contributed by atoms with Crippen LogP contribution in [-0.4, -0.2) is 24.8 Å². The molecule has 0 aromatic heterocycles. The Kier molecular flexibility index (Phi) is 10.9. The second-order valence-electron chi connectivity index (χ2n) is 3.71. The Morgan fingerprint density at radius 1 is 0.857 bits per heavy atom. The SMILES string of the molecule is CCCCCCCCN(CC)OCC. The molecule has 0 saturated carbocycles. The number of hydroxylamine groups is 2. The van der Waals surface area contributed by atoms with Gasteiger partial charge in [-0.25, -0.2) is 0 Å². The molecule has 0 amide bonds. The predicted molar refractivity (Wildman–Crippen MR) is 62.2 cm³/mol. The molecule has 0 aliphatic carbocycles. The van der Waals surface area contributed by atoms with Crippen molar-refractivity contribution in [2.75, 3.05) is 19.7 Å². The Bertz CT molecular complexity index is 106. The molecule has 0 aliphatic rings. The van der Waals surface area contributed by atoms with Crippen molar-refractivity contribution in [1.29, 1.82) is 0 Å². The van der Waals surface area contributed by atoms with Crippen LogP contribution in [0.4, 0.5) is 0 Å². The van der Waals surface area contributed by atoms with Crippen molar-refractivity contribution in [2.24, 2.45) is 0 Å². The molecule has 2 nitrogen and oxygen atoms in total. The van der Waals surface area contributed by atoms with Crippen LogP contribution in [-0.2, 0) is 4.84 Å². The van der Waals surface area contributed by atoms with Crippen molar-refractivity contribution in [2.45, 2.75) is 59.3 Å². The summed E-state index contributed by atoms with van der Waals surface area (Å²) < 4.78 is 0. The molecule has 0 heterocycles. The van der Waals surface area contributed by atoms with Crippen LogP contribution in [0.25, 0.3) is 0 Å². The number of nitrogens with zero attached hydrogens (tertiary/aromatic N) is 1. The Morgan fingerprint density at radius 2 is 1.50 bits per heavy atom. The molecule has 0 aliphatic heterocycles. The van der Waals surface area contributed by atoms with Crippen LogP contribution in [0, 0.1) is 0 Å². The maximum atomic E-state index is 5.45. The van der Waals surface area contributed by atoms with Gasteiger partial charge in [-0.2, -0.15) is 5.06 Å². The zero-order chi connectivity index (χ0) is 10.6. The molecule has 0 unspecified atom stereocenters. The van der Waals surface area contributed by atoms with E-state index in [2.05, 4.69) is 18.9 Å². The zero-order valence-electron chi connectivity index (χ0n) is 10.2. The van der Waals surface area contributed by atoms with E-state index in [-0.39, 0.29) is 0 Å². The molecule has 0 N–H and O–H groups in total. The smallest absolute Gasteiger partial charge is 0.0656 e. The topological polar surface area (TPSA) is 12.5 Å². The molecule has 0 atom stereocenters. The minimum atomic E-state index is 0.795. The van der Waals surface area contributed by atoms with Crippen LogP contribution < -0.4 is 0 Å². The van der Waals surface area contributed by atoms with Gasteiger partial charge in [0.05, 0.1) is 6.61 Å². The summed E-state index contributed by atoms with van der Waals surface area (Å²) in [5.74, 6) is 0. The maximum absolute atomic E-state index is 5.45. The molecule has 0 radical (unpaired) electrons. The summed E-state index contributed by atoms with van der Waals surface area (Å²) in [7, 11) is 0. The first kappa shape index (κ1) is 13.9. The third-order valence-electron chi connectivity index (χ3n) is 2.43. The van der Waals surface area contributed by atoms with Gasteiger partial charge in [0, 0.05) is 13.1 Å². The highest BCUT2D eigenvalue weighted by atomic mass is 16.7. The van der Waals surface area contributed by atoms with Crippen LogP contribution in [0.15, 0.2) is 0 Å². The van der Waals surface area contributed by atoms with Gasteiger partial charge in [0.1, 0.15) is 0 Å². The highest BCUT2D eigenvalue weighted by Crippen LogP contribution is 2.05.